The van der Waals surface area contributed by atoms with E-state index in [1.165, 1.54) is 0 Å². The first-order valence-electron chi connectivity index (χ1n) is 9.93. The lowest BCUT2D eigenvalue weighted by Crippen LogP contribution is -2.57. The molecule has 0 saturated carbocycles. The van der Waals surface area contributed by atoms with Gasteiger partial charge in [-0.25, -0.2) is 8.78 Å². The molecule has 0 spiro atoms. The summed E-state index contributed by atoms with van der Waals surface area (Å²) >= 11 is 0. The number of piperidine rings is 1. The van der Waals surface area contributed by atoms with Gasteiger partial charge in [-0.05, 0) is 62.6 Å². The number of fused-ring (bicyclic) bond motifs is 2. The molecule has 29 heavy (non-hydrogen) atoms. The summed E-state index contributed by atoms with van der Waals surface area (Å²) in [5, 5.41) is 2.63. The van der Waals surface area contributed by atoms with Crippen molar-refractivity contribution < 1.29 is 18.4 Å². The second kappa shape index (κ2) is 7.81. The fourth-order valence-corrected chi connectivity index (χ4v) is 4.22. The fraction of sp³-hybridized carbons (Fsp3) is 0.364. The summed E-state index contributed by atoms with van der Waals surface area (Å²) in [4.78, 5) is 29.6. The highest BCUT2D eigenvalue weighted by Crippen LogP contribution is 2.35. The molecule has 2 aromatic carbocycles. The van der Waals surface area contributed by atoms with Crippen LogP contribution in [0.3, 0.4) is 0 Å². The minimum Gasteiger partial charge on any atom is -0.351 e. The molecule has 0 radical (unpaired) electrons. The Bertz CT molecular complexity index is 963. The quantitative estimate of drug-likeness (QED) is 0.853. The van der Waals surface area contributed by atoms with Crippen molar-refractivity contribution in [3.05, 3.63) is 64.7 Å². The van der Waals surface area contributed by atoms with Gasteiger partial charge in [-0.15, -0.1) is 0 Å². The molecule has 5 nitrogen and oxygen atoms in total. The van der Waals surface area contributed by atoms with Crippen LogP contribution in [0.25, 0.3) is 0 Å². The third kappa shape index (κ3) is 3.57. The van der Waals surface area contributed by atoms with Gasteiger partial charge in [0.05, 0.1) is 11.3 Å². The lowest BCUT2D eigenvalue weighted by molar-refractivity contribution is 0.0582. The molecule has 4 rings (SSSR count). The maximum Gasteiger partial charge on any atom is 0.257 e. The minimum absolute atomic E-state index is 0.00295. The normalized spacial score (nSPS) is 18.3. The monoisotopic (exact) mass is 399 g/mol. The molecule has 152 valence electrons. The number of hydrogen-bond donors (Lipinski definition) is 1. The first-order chi connectivity index (χ1) is 14.0. The lowest BCUT2D eigenvalue weighted by atomic mass is 9.97. The Labute approximate surface area is 168 Å². The van der Waals surface area contributed by atoms with Crippen LogP contribution in [0.2, 0.25) is 0 Å². The van der Waals surface area contributed by atoms with Crippen molar-refractivity contribution in [1.82, 2.24) is 10.2 Å². The van der Waals surface area contributed by atoms with Crippen LogP contribution in [0.4, 0.5) is 14.5 Å². The van der Waals surface area contributed by atoms with Gasteiger partial charge in [-0.1, -0.05) is 0 Å². The van der Waals surface area contributed by atoms with Gasteiger partial charge in [-0.2, -0.15) is 0 Å². The van der Waals surface area contributed by atoms with Gasteiger partial charge in [-0.3, -0.25) is 9.59 Å². The first-order valence-corrected chi connectivity index (χ1v) is 9.93. The first kappa shape index (κ1) is 19.4. The van der Waals surface area contributed by atoms with Crippen LogP contribution in [-0.2, 0) is 6.54 Å². The zero-order valence-electron chi connectivity index (χ0n) is 16.3. The van der Waals surface area contributed by atoms with Crippen LogP contribution < -0.4 is 10.2 Å². The van der Waals surface area contributed by atoms with Gasteiger partial charge in [0.15, 0.2) is 0 Å². The van der Waals surface area contributed by atoms with Crippen molar-refractivity contribution in [2.24, 2.45) is 0 Å². The molecule has 0 aromatic heterocycles. The van der Waals surface area contributed by atoms with Gasteiger partial charge >= 0.3 is 0 Å². The molecule has 2 aromatic rings. The molecule has 7 heteroatoms. The molecule has 2 aliphatic heterocycles. The Hall–Kier alpha value is -2.96. The predicted molar refractivity (Wildman–Crippen MR) is 106 cm³/mol. The van der Waals surface area contributed by atoms with Gasteiger partial charge in [0.2, 0.25) is 0 Å². The van der Waals surface area contributed by atoms with E-state index in [9.17, 15) is 18.4 Å². The van der Waals surface area contributed by atoms with Crippen molar-refractivity contribution in [2.45, 2.75) is 38.9 Å². The fourth-order valence-electron chi connectivity index (χ4n) is 4.22. The maximum absolute atomic E-state index is 13.8. The van der Waals surface area contributed by atoms with Crippen molar-refractivity contribution in [1.29, 1.82) is 0 Å². The van der Waals surface area contributed by atoms with Crippen LogP contribution in [0.1, 0.15) is 52.5 Å². The summed E-state index contributed by atoms with van der Waals surface area (Å²) in [7, 11) is 0. The largest absolute Gasteiger partial charge is 0.351 e. The Morgan fingerprint density at radius 2 is 2.00 bits per heavy atom. The van der Waals surface area contributed by atoms with Gasteiger partial charge in [0.25, 0.3) is 11.8 Å². The van der Waals surface area contributed by atoms with E-state index in [0.717, 1.165) is 56.2 Å². The van der Waals surface area contributed by atoms with Crippen LogP contribution in [0.5, 0.6) is 0 Å². The molecule has 2 aliphatic rings. The van der Waals surface area contributed by atoms with E-state index < -0.39 is 17.5 Å². The number of amides is 2. The Morgan fingerprint density at radius 1 is 1.17 bits per heavy atom. The van der Waals surface area contributed by atoms with E-state index in [0.29, 0.717) is 11.1 Å². The Morgan fingerprint density at radius 3 is 2.79 bits per heavy atom. The number of halogens is 2. The zero-order chi connectivity index (χ0) is 20.5. The molecule has 1 atom stereocenters. The number of nitrogens with zero attached hydrogens (tertiary/aromatic N) is 2. The second-order valence-electron chi connectivity index (χ2n) is 7.41. The third-order valence-corrected chi connectivity index (χ3v) is 5.68. The highest BCUT2D eigenvalue weighted by molar-refractivity contribution is 6.04. The molecule has 0 unspecified atom stereocenters. The Balaban J connectivity index is 1.58. The average molecular weight is 399 g/mol. The maximum atomic E-state index is 13.8. The summed E-state index contributed by atoms with van der Waals surface area (Å²) in [6.45, 7) is 3.39. The summed E-state index contributed by atoms with van der Waals surface area (Å²) in [6, 6.07) is 8.15. The number of rotatable bonds is 4. The average Bonchev–Trinajstić information content (AvgIpc) is 2.74. The molecular weight excluding hydrogens is 376 g/mol. The Kier molecular flexibility index (Phi) is 5.22. The molecule has 0 aliphatic carbocycles. The number of benzene rings is 2. The minimum atomic E-state index is -0.572. The van der Waals surface area contributed by atoms with E-state index >= 15 is 0 Å². The highest BCUT2D eigenvalue weighted by atomic mass is 19.1. The van der Waals surface area contributed by atoms with E-state index in [-0.39, 0.29) is 24.2 Å². The molecule has 0 bridgehead atoms. The molecule has 2 amide bonds. The van der Waals surface area contributed by atoms with E-state index in [4.69, 9.17) is 0 Å². The molecule has 1 fully saturated rings. The topological polar surface area (TPSA) is 52.7 Å². The second-order valence-corrected chi connectivity index (χ2v) is 7.41. The summed E-state index contributed by atoms with van der Waals surface area (Å²) in [6.07, 6.45) is 3.01. The van der Waals surface area contributed by atoms with E-state index in [1.54, 1.807) is 18.2 Å². The van der Waals surface area contributed by atoms with Crippen LogP contribution >= 0.6 is 0 Å². The van der Waals surface area contributed by atoms with Crippen molar-refractivity contribution in [3.63, 3.8) is 0 Å². The van der Waals surface area contributed by atoms with E-state index in [1.807, 2.05) is 11.8 Å². The van der Waals surface area contributed by atoms with Crippen LogP contribution in [0, 0.1) is 11.6 Å². The SMILES string of the molecule is CCN1c2cc(C(=O)NCc3cc(F)ccc3F)ccc2C(=O)N2CCCC[C@@H]21. The van der Waals surface area contributed by atoms with Crippen molar-refractivity contribution >= 4 is 17.5 Å². The van der Waals surface area contributed by atoms with Gasteiger partial charge < -0.3 is 15.1 Å². The highest BCUT2D eigenvalue weighted by Gasteiger charge is 2.38. The van der Waals surface area contributed by atoms with Crippen molar-refractivity contribution in [3.8, 4) is 0 Å². The smallest absolute Gasteiger partial charge is 0.257 e. The summed E-state index contributed by atoms with van der Waals surface area (Å²) < 4.78 is 27.1. The third-order valence-electron chi connectivity index (χ3n) is 5.68. The summed E-state index contributed by atoms with van der Waals surface area (Å²) in [5.74, 6) is -1.52. The molecule has 2 heterocycles. The van der Waals surface area contributed by atoms with Crippen LogP contribution in [0.15, 0.2) is 36.4 Å². The number of carbonyl (C=O) groups is 2. The van der Waals surface area contributed by atoms with Crippen LogP contribution in [-0.4, -0.2) is 36.0 Å². The van der Waals surface area contributed by atoms with E-state index in [2.05, 4.69) is 10.2 Å². The predicted octanol–water partition coefficient (Wildman–Crippen LogP) is 3.69. The molecular formula is C22H23F2N3O2. The standard InChI is InChI=1S/C22H23F2N3O2/c1-2-26-19-12-14(21(28)25-13-15-11-16(23)7-9-18(15)24)6-8-17(19)22(29)27-10-4-3-5-20(26)27/h6-9,11-12,20H,2-5,10,13H2,1H3,(H,25,28)/t20-/m1/s1. The van der Waals surface area contributed by atoms with Crippen molar-refractivity contribution in [2.75, 3.05) is 18.0 Å². The summed E-state index contributed by atoms with van der Waals surface area (Å²) in [5.41, 5.74) is 1.82. The number of nitrogens with one attached hydrogen (secondary N) is 1. The zero-order valence-corrected chi connectivity index (χ0v) is 16.3. The number of carbonyl (C=O) groups excluding carboxylic acids is 2. The van der Waals surface area contributed by atoms with Gasteiger partial charge in [0, 0.05) is 30.8 Å². The van der Waals surface area contributed by atoms with Gasteiger partial charge in [0.1, 0.15) is 17.8 Å². The number of hydrogen-bond acceptors (Lipinski definition) is 3. The molecule has 1 N–H and O–H groups in total. The molecule has 1 saturated heterocycles. The number of anilines is 1. The lowest BCUT2D eigenvalue weighted by Gasteiger charge is -2.47.